The van der Waals surface area contributed by atoms with Gasteiger partial charge in [0.2, 0.25) is 0 Å². The quantitative estimate of drug-likeness (QED) is 0.849. The Hall–Kier alpha value is -1.72. The first kappa shape index (κ1) is 12.4. The summed E-state index contributed by atoms with van der Waals surface area (Å²) in [7, 11) is 2.39. The summed E-state index contributed by atoms with van der Waals surface area (Å²) >= 11 is 0. The molecule has 0 saturated heterocycles. The Bertz CT molecular complexity index is 402. The first-order valence-electron chi connectivity index (χ1n) is 4.38. The smallest absolute Gasteiger partial charge is 0.420 e. The van der Waals surface area contributed by atoms with E-state index in [-0.39, 0.29) is 5.75 Å². The highest BCUT2D eigenvalue weighted by molar-refractivity contribution is 5.96. The number of carbonyl (C=O) groups excluding carboxylic acids is 1. The maximum absolute atomic E-state index is 12.7. The van der Waals surface area contributed by atoms with Gasteiger partial charge in [0.1, 0.15) is 11.3 Å². The van der Waals surface area contributed by atoms with E-state index in [0.29, 0.717) is 0 Å². The van der Waals surface area contributed by atoms with Gasteiger partial charge in [-0.3, -0.25) is 4.79 Å². The summed E-state index contributed by atoms with van der Waals surface area (Å²) in [6, 6.07) is 3.60. The number of hydrogen-bond donors (Lipinski definition) is 1. The molecule has 0 radical (unpaired) electrons. The van der Waals surface area contributed by atoms with Crippen LogP contribution in [-0.2, 0) is 6.18 Å². The molecule has 0 saturated carbocycles. The molecule has 0 heterocycles. The molecule has 1 rings (SSSR count). The molecule has 0 fully saturated rings. The predicted octanol–water partition coefficient (Wildman–Crippen LogP) is 2.07. The minimum Gasteiger partial charge on any atom is -0.496 e. The molecule has 0 spiro atoms. The van der Waals surface area contributed by atoms with E-state index in [0.717, 1.165) is 19.2 Å². The van der Waals surface area contributed by atoms with Crippen LogP contribution in [0.4, 0.5) is 13.2 Å². The van der Waals surface area contributed by atoms with E-state index >= 15 is 0 Å². The number of benzene rings is 1. The largest absolute Gasteiger partial charge is 0.496 e. The lowest BCUT2D eigenvalue weighted by Crippen LogP contribution is -2.23. The van der Waals surface area contributed by atoms with Gasteiger partial charge in [0, 0.05) is 7.05 Å². The zero-order chi connectivity index (χ0) is 12.3. The van der Waals surface area contributed by atoms with Crippen LogP contribution in [0.3, 0.4) is 0 Å². The summed E-state index contributed by atoms with van der Waals surface area (Å²) in [5.74, 6) is -1.17. The molecular weight excluding hydrogens is 223 g/mol. The molecule has 0 unspecified atom stereocenters. The molecule has 0 aliphatic carbocycles. The van der Waals surface area contributed by atoms with Gasteiger partial charge in [0.15, 0.2) is 0 Å². The number of amides is 1. The lowest BCUT2D eigenvalue weighted by atomic mass is 10.1. The van der Waals surface area contributed by atoms with Gasteiger partial charge in [0.05, 0.1) is 12.7 Å². The molecule has 6 heteroatoms. The van der Waals surface area contributed by atoms with E-state index in [1.165, 1.54) is 13.1 Å². The van der Waals surface area contributed by atoms with E-state index < -0.39 is 23.2 Å². The van der Waals surface area contributed by atoms with Gasteiger partial charge in [-0.05, 0) is 12.1 Å². The molecule has 1 amide bonds. The maximum atomic E-state index is 12.7. The normalized spacial score (nSPS) is 11.1. The Balaban J connectivity index is 3.44. The zero-order valence-electron chi connectivity index (χ0n) is 8.68. The number of ether oxygens (including phenoxy) is 1. The number of methoxy groups -OCH3 is 1. The van der Waals surface area contributed by atoms with Crippen LogP contribution in [0.5, 0.6) is 5.75 Å². The van der Waals surface area contributed by atoms with Crippen molar-refractivity contribution in [3.63, 3.8) is 0 Å². The van der Waals surface area contributed by atoms with Crippen LogP contribution in [0.2, 0.25) is 0 Å². The van der Waals surface area contributed by atoms with E-state index in [2.05, 4.69) is 10.1 Å². The average Bonchev–Trinajstić information content (AvgIpc) is 2.25. The number of alkyl halides is 3. The van der Waals surface area contributed by atoms with Gasteiger partial charge < -0.3 is 10.1 Å². The third-order valence-electron chi connectivity index (χ3n) is 2.00. The van der Waals surface area contributed by atoms with E-state index in [4.69, 9.17) is 0 Å². The minimum absolute atomic E-state index is 0.367. The lowest BCUT2D eigenvalue weighted by Gasteiger charge is -2.15. The maximum Gasteiger partial charge on any atom is 0.420 e. The third-order valence-corrected chi connectivity index (χ3v) is 2.00. The highest BCUT2D eigenvalue weighted by Gasteiger charge is 2.38. The Kier molecular flexibility index (Phi) is 3.41. The van der Waals surface area contributed by atoms with Crippen molar-refractivity contribution in [2.45, 2.75) is 6.18 Å². The second kappa shape index (κ2) is 4.42. The first-order valence-corrected chi connectivity index (χ1v) is 4.38. The number of hydrogen-bond acceptors (Lipinski definition) is 2. The fraction of sp³-hybridized carbons (Fsp3) is 0.300. The van der Waals surface area contributed by atoms with E-state index in [9.17, 15) is 18.0 Å². The molecule has 3 nitrogen and oxygen atoms in total. The van der Waals surface area contributed by atoms with Crippen molar-refractivity contribution in [1.29, 1.82) is 0 Å². The predicted molar refractivity (Wildman–Crippen MR) is 51.4 cm³/mol. The fourth-order valence-corrected chi connectivity index (χ4v) is 1.32. The van der Waals surface area contributed by atoms with Gasteiger partial charge in [-0.15, -0.1) is 0 Å². The standard InChI is InChI=1S/C10H10F3NO2/c1-14-9(15)6-4-3-5-7(16-2)8(6)10(11,12)13/h3-5H,1-2H3,(H,14,15). The molecular formula is C10H10F3NO2. The second-order valence-corrected chi connectivity index (χ2v) is 2.96. The lowest BCUT2D eigenvalue weighted by molar-refractivity contribution is -0.139. The number of rotatable bonds is 2. The Labute approximate surface area is 90.2 Å². The molecule has 1 aromatic carbocycles. The van der Waals surface area contributed by atoms with Gasteiger partial charge >= 0.3 is 6.18 Å². The highest BCUT2D eigenvalue weighted by atomic mass is 19.4. The molecule has 0 aliphatic rings. The summed E-state index contributed by atoms with van der Waals surface area (Å²) in [6.07, 6.45) is -4.63. The van der Waals surface area contributed by atoms with Crippen LogP contribution < -0.4 is 10.1 Å². The van der Waals surface area contributed by atoms with Gasteiger partial charge in [0.25, 0.3) is 5.91 Å². The second-order valence-electron chi connectivity index (χ2n) is 2.96. The van der Waals surface area contributed by atoms with Crippen molar-refractivity contribution in [1.82, 2.24) is 5.32 Å². The molecule has 0 aromatic heterocycles. The monoisotopic (exact) mass is 233 g/mol. The summed E-state index contributed by atoms with van der Waals surface area (Å²) < 4.78 is 42.8. The van der Waals surface area contributed by atoms with Crippen molar-refractivity contribution in [3.8, 4) is 5.75 Å². The highest BCUT2D eigenvalue weighted by Crippen LogP contribution is 2.38. The van der Waals surface area contributed by atoms with Crippen LogP contribution in [-0.4, -0.2) is 20.1 Å². The van der Waals surface area contributed by atoms with Crippen molar-refractivity contribution in [2.24, 2.45) is 0 Å². The van der Waals surface area contributed by atoms with Crippen molar-refractivity contribution < 1.29 is 22.7 Å². The molecule has 1 N–H and O–H groups in total. The van der Waals surface area contributed by atoms with Gasteiger partial charge in [-0.2, -0.15) is 13.2 Å². The van der Waals surface area contributed by atoms with Crippen LogP contribution in [0.25, 0.3) is 0 Å². The van der Waals surface area contributed by atoms with Crippen molar-refractivity contribution in [3.05, 3.63) is 29.3 Å². The third kappa shape index (κ3) is 2.26. The Morgan fingerprint density at radius 3 is 2.44 bits per heavy atom. The molecule has 0 aliphatic heterocycles. The first-order chi connectivity index (χ1) is 7.41. The van der Waals surface area contributed by atoms with Crippen LogP contribution in [0.15, 0.2) is 18.2 Å². The Morgan fingerprint density at radius 2 is 2.00 bits per heavy atom. The van der Waals surface area contributed by atoms with Crippen LogP contribution in [0, 0.1) is 0 Å². The number of nitrogens with one attached hydrogen (secondary N) is 1. The molecule has 0 bridgehead atoms. The Morgan fingerprint density at radius 1 is 1.38 bits per heavy atom. The van der Waals surface area contributed by atoms with Crippen LogP contribution in [0.1, 0.15) is 15.9 Å². The SMILES string of the molecule is CNC(=O)c1cccc(OC)c1C(F)(F)F. The van der Waals surface area contributed by atoms with Gasteiger partial charge in [-0.25, -0.2) is 0 Å². The summed E-state index contributed by atoms with van der Waals surface area (Å²) in [5, 5.41) is 2.15. The summed E-state index contributed by atoms with van der Waals surface area (Å²) in [4.78, 5) is 11.3. The van der Waals surface area contributed by atoms with E-state index in [1.54, 1.807) is 0 Å². The summed E-state index contributed by atoms with van der Waals surface area (Å²) in [5.41, 5.74) is -1.51. The van der Waals surface area contributed by atoms with Gasteiger partial charge in [-0.1, -0.05) is 6.07 Å². The zero-order valence-corrected chi connectivity index (χ0v) is 8.68. The number of halogens is 3. The molecule has 16 heavy (non-hydrogen) atoms. The van der Waals surface area contributed by atoms with Crippen molar-refractivity contribution in [2.75, 3.05) is 14.2 Å². The van der Waals surface area contributed by atoms with E-state index in [1.807, 2.05) is 0 Å². The fourth-order valence-electron chi connectivity index (χ4n) is 1.32. The minimum atomic E-state index is -4.63. The topological polar surface area (TPSA) is 38.3 Å². The average molecular weight is 233 g/mol. The molecule has 0 atom stereocenters. The van der Waals surface area contributed by atoms with Crippen molar-refractivity contribution >= 4 is 5.91 Å². The molecule has 88 valence electrons. The van der Waals surface area contributed by atoms with Crippen LogP contribution >= 0.6 is 0 Å². The molecule has 1 aromatic rings. The number of carbonyl (C=O) groups is 1. The summed E-state index contributed by atoms with van der Waals surface area (Å²) in [6.45, 7) is 0.